The summed E-state index contributed by atoms with van der Waals surface area (Å²) in [6, 6.07) is 4.72. The first kappa shape index (κ1) is 18.4. The number of hydrogen-bond acceptors (Lipinski definition) is 4. The van der Waals surface area contributed by atoms with E-state index in [4.69, 9.17) is 4.74 Å². The largest absolute Gasteiger partial charge is 0.496 e. The fourth-order valence-electron chi connectivity index (χ4n) is 1.95. The summed E-state index contributed by atoms with van der Waals surface area (Å²) in [7, 11) is -1.93. The van der Waals surface area contributed by atoms with Crippen LogP contribution in [0.1, 0.15) is 20.3 Å². The monoisotopic (exact) mass is 378 g/mol. The van der Waals surface area contributed by atoms with Gasteiger partial charge in [-0.25, -0.2) is 13.1 Å². The van der Waals surface area contributed by atoms with Gasteiger partial charge < -0.3 is 9.64 Å². The van der Waals surface area contributed by atoms with Crippen molar-refractivity contribution in [3.8, 4) is 5.75 Å². The average molecular weight is 379 g/mol. The van der Waals surface area contributed by atoms with Gasteiger partial charge in [0.05, 0.1) is 16.5 Å². The van der Waals surface area contributed by atoms with Crippen LogP contribution in [-0.2, 0) is 10.0 Å². The van der Waals surface area contributed by atoms with E-state index in [0.717, 1.165) is 26.1 Å². The van der Waals surface area contributed by atoms with Gasteiger partial charge >= 0.3 is 0 Å². The molecular formula is C14H23BrN2O3S. The normalized spacial score (nSPS) is 11.9. The second-order valence-electron chi connectivity index (χ2n) is 4.57. The van der Waals surface area contributed by atoms with E-state index in [1.165, 1.54) is 6.07 Å². The van der Waals surface area contributed by atoms with Crippen LogP contribution in [-0.4, -0.2) is 46.6 Å². The van der Waals surface area contributed by atoms with Crippen LogP contribution >= 0.6 is 15.9 Å². The van der Waals surface area contributed by atoms with Gasteiger partial charge in [0.15, 0.2) is 0 Å². The Bertz CT molecular complexity index is 545. The Morgan fingerprint density at radius 1 is 1.29 bits per heavy atom. The Labute approximate surface area is 135 Å². The smallest absolute Gasteiger partial charge is 0.240 e. The standard InChI is InChI=1S/C14H23BrN2O3S/c1-4-17(5-2)10-6-9-16-21(18,19)12-7-8-14(20-3)13(15)11-12/h7-8,11,16H,4-6,9-10H2,1-3H3. The highest BCUT2D eigenvalue weighted by Crippen LogP contribution is 2.27. The molecule has 1 aromatic rings. The number of benzene rings is 1. The fraction of sp³-hybridized carbons (Fsp3) is 0.571. The molecule has 0 amide bonds. The highest BCUT2D eigenvalue weighted by molar-refractivity contribution is 9.10. The summed E-state index contributed by atoms with van der Waals surface area (Å²) < 4.78 is 32.7. The second kappa shape index (κ2) is 8.73. The molecule has 1 rings (SSSR count). The Hall–Kier alpha value is -0.630. The topological polar surface area (TPSA) is 58.6 Å². The van der Waals surface area contributed by atoms with Crippen LogP contribution in [0.4, 0.5) is 0 Å². The molecule has 0 aliphatic carbocycles. The van der Waals surface area contributed by atoms with Gasteiger partial charge in [0.1, 0.15) is 5.75 Å². The van der Waals surface area contributed by atoms with E-state index in [-0.39, 0.29) is 4.90 Å². The van der Waals surface area contributed by atoms with Gasteiger partial charge in [-0.15, -0.1) is 0 Å². The highest BCUT2D eigenvalue weighted by atomic mass is 79.9. The van der Waals surface area contributed by atoms with Crippen molar-refractivity contribution in [3.05, 3.63) is 22.7 Å². The van der Waals surface area contributed by atoms with Crippen molar-refractivity contribution in [1.82, 2.24) is 9.62 Å². The molecule has 7 heteroatoms. The number of sulfonamides is 1. The van der Waals surface area contributed by atoms with Crippen LogP contribution in [0.3, 0.4) is 0 Å². The van der Waals surface area contributed by atoms with Gasteiger partial charge in [0.2, 0.25) is 10.0 Å². The summed E-state index contributed by atoms with van der Waals surface area (Å²) in [5.41, 5.74) is 0. The van der Waals surface area contributed by atoms with E-state index in [2.05, 4.69) is 39.4 Å². The number of nitrogens with one attached hydrogen (secondary N) is 1. The SMILES string of the molecule is CCN(CC)CCCNS(=O)(=O)c1ccc(OC)c(Br)c1. The molecule has 21 heavy (non-hydrogen) atoms. The van der Waals surface area contributed by atoms with Crippen LogP contribution < -0.4 is 9.46 Å². The van der Waals surface area contributed by atoms with Crippen LogP contribution in [0.15, 0.2) is 27.6 Å². The maximum absolute atomic E-state index is 12.2. The lowest BCUT2D eigenvalue weighted by molar-refractivity contribution is 0.300. The first-order chi connectivity index (χ1) is 9.94. The zero-order valence-electron chi connectivity index (χ0n) is 12.7. The van der Waals surface area contributed by atoms with Gasteiger partial charge in [0.25, 0.3) is 0 Å². The number of ether oxygens (including phenoxy) is 1. The molecule has 120 valence electrons. The summed E-state index contributed by atoms with van der Waals surface area (Å²) in [6.07, 6.45) is 0.790. The molecule has 0 bridgehead atoms. The van der Waals surface area contributed by atoms with E-state index >= 15 is 0 Å². The highest BCUT2D eigenvalue weighted by Gasteiger charge is 2.15. The van der Waals surface area contributed by atoms with Crippen molar-refractivity contribution in [3.63, 3.8) is 0 Å². The lowest BCUT2D eigenvalue weighted by Crippen LogP contribution is -2.30. The Morgan fingerprint density at radius 3 is 2.48 bits per heavy atom. The molecule has 0 aromatic heterocycles. The van der Waals surface area contributed by atoms with E-state index in [1.807, 2.05) is 0 Å². The molecule has 0 aliphatic rings. The average Bonchev–Trinajstić information content (AvgIpc) is 2.47. The summed E-state index contributed by atoms with van der Waals surface area (Å²) in [6.45, 7) is 7.48. The third-order valence-electron chi connectivity index (χ3n) is 3.27. The summed E-state index contributed by atoms with van der Waals surface area (Å²) >= 11 is 3.30. The molecule has 0 atom stereocenters. The molecule has 0 aliphatic heterocycles. The summed E-state index contributed by atoms with van der Waals surface area (Å²) in [5, 5.41) is 0. The quantitative estimate of drug-likeness (QED) is 0.670. The molecule has 0 spiro atoms. The first-order valence-corrected chi connectivity index (χ1v) is 9.27. The van der Waals surface area contributed by atoms with E-state index in [0.29, 0.717) is 16.8 Å². The molecule has 0 fully saturated rings. The van der Waals surface area contributed by atoms with Gasteiger partial charge in [0, 0.05) is 6.54 Å². The Balaban J connectivity index is 2.59. The van der Waals surface area contributed by atoms with E-state index in [1.54, 1.807) is 19.2 Å². The zero-order chi connectivity index (χ0) is 15.9. The fourth-order valence-corrected chi connectivity index (χ4v) is 3.74. The number of nitrogens with zero attached hydrogens (tertiary/aromatic N) is 1. The minimum atomic E-state index is -3.47. The Morgan fingerprint density at radius 2 is 1.95 bits per heavy atom. The second-order valence-corrected chi connectivity index (χ2v) is 7.20. The van der Waals surface area contributed by atoms with Crippen molar-refractivity contribution < 1.29 is 13.2 Å². The van der Waals surface area contributed by atoms with Crippen LogP contribution in [0.5, 0.6) is 5.75 Å². The molecule has 5 nitrogen and oxygen atoms in total. The van der Waals surface area contributed by atoms with E-state index in [9.17, 15) is 8.42 Å². The predicted octanol–water partition coefficient (Wildman–Crippen LogP) is 2.47. The van der Waals surface area contributed by atoms with Crippen molar-refractivity contribution in [2.24, 2.45) is 0 Å². The van der Waals surface area contributed by atoms with Crippen LogP contribution in [0, 0.1) is 0 Å². The number of methoxy groups -OCH3 is 1. The maximum Gasteiger partial charge on any atom is 0.240 e. The number of hydrogen-bond donors (Lipinski definition) is 1. The summed E-state index contributed by atoms with van der Waals surface area (Å²) in [4.78, 5) is 2.50. The summed E-state index contributed by atoms with van der Waals surface area (Å²) in [5.74, 6) is 0.607. The predicted molar refractivity (Wildman–Crippen MR) is 88.3 cm³/mol. The van der Waals surface area contributed by atoms with Crippen molar-refractivity contribution in [2.75, 3.05) is 33.3 Å². The van der Waals surface area contributed by atoms with Gasteiger partial charge in [-0.2, -0.15) is 0 Å². The molecular weight excluding hydrogens is 356 g/mol. The van der Waals surface area contributed by atoms with E-state index < -0.39 is 10.0 Å². The third kappa shape index (κ3) is 5.58. The molecule has 0 unspecified atom stereocenters. The molecule has 0 radical (unpaired) electrons. The van der Waals surface area contributed by atoms with Crippen molar-refractivity contribution >= 4 is 26.0 Å². The first-order valence-electron chi connectivity index (χ1n) is 7.00. The Kier molecular flexibility index (Phi) is 7.65. The molecule has 0 saturated carbocycles. The number of rotatable bonds is 9. The van der Waals surface area contributed by atoms with Crippen LogP contribution in [0.2, 0.25) is 0 Å². The van der Waals surface area contributed by atoms with Crippen molar-refractivity contribution in [2.45, 2.75) is 25.2 Å². The third-order valence-corrected chi connectivity index (χ3v) is 5.35. The van der Waals surface area contributed by atoms with Crippen molar-refractivity contribution in [1.29, 1.82) is 0 Å². The minimum absolute atomic E-state index is 0.234. The maximum atomic E-state index is 12.2. The molecule has 0 heterocycles. The zero-order valence-corrected chi connectivity index (χ0v) is 15.1. The lowest BCUT2D eigenvalue weighted by atomic mass is 10.3. The molecule has 0 saturated heterocycles. The van der Waals surface area contributed by atoms with Gasteiger partial charge in [-0.1, -0.05) is 13.8 Å². The lowest BCUT2D eigenvalue weighted by Gasteiger charge is -2.17. The van der Waals surface area contributed by atoms with Gasteiger partial charge in [-0.05, 0) is 60.2 Å². The molecule has 1 N–H and O–H groups in total. The molecule has 1 aromatic carbocycles. The van der Waals surface area contributed by atoms with Gasteiger partial charge in [-0.3, -0.25) is 0 Å². The number of halogens is 1. The van der Waals surface area contributed by atoms with Crippen LogP contribution in [0.25, 0.3) is 0 Å². The minimum Gasteiger partial charge on any atom is -0.496 e.